The molecule has 1 N–H and O–H groups in total. The van der Waals surface area contributed by atoms with Gasteiger partial charge >= 0.3 is 0 Å². The van der Waals surface area contributed by atoms with Gasteiger partial charge in [0.2, 0.25) is 6.41 Å². The number of allylic oxidation sites excluding steroid dienone is 4. The Morgan fingerprint density at radius 1 is 1.30 bits per heavy atom. The van der Waals surface area contributed by atoms with E-state index in [4.69, 9.17) is 4.99 Å². The van der Waals surface area contributed by atoms with Crippen molar-refractivity contribution in [3.05, 3.63) is 62.4 Å². The SMILES string of the molecule is C=c1ccc(/C=C(\SC)C(=NCCN(CC)CC)NC=O)c/c1=C/C(C)CC1=C(C(C)(C)C#N)C=CCC1.CC. The molecule has 0 bridgehead atoms. The maximum atomic E-state index is 11.3. The molecule has 1 aliphatic rings. The molecule has 0 aliphatic heterocycles. The highest BCUT2D eigenvalue weighted by molar-refractivity contribution is 8.03. The average molecular weight is 563 g/mol. The third-order valence-corrected chi connectivity index (χ3v) is 7.71. The van der Waals surface area contributed by atoms with Gasteiger partial charge in [0.15, 0.2) is 0 Å². The predicted octanol–water partition coefficient (Wildman–Crippen LogP) is 6.32. The molecule has 1 unspecified atom stereocenters. The highest BCUT2D eigenvalue weighted by Crippen LogP contribution is 2.36. The monoisotopic (exact) mass is 562 g/mol. The Morgan fingerprint density at radius 2 is 2.00 bits per heavy atom. The van der Waals surface area contributed by atoms with E-state index >= 15 is 0 Å². The molecule has 0 saturated heterocycles. The fourth-order valence-electron chi connectivity index (χ4n) is 4.72. The van der Waals surface area contributed by atoms with E-state index in [0.717, 1.165) is 65.4 Å². The second-order valence-corrected chi connectivity index (χ2v) is 11.1. The summed E-state index contributed by atoms with van der Waals surface area (Å²) in [7, 11) is 0. The Bertz CT molecular complexity index is 1230. The van der Waals surface area contributed by atoms with Crippen LogP contribution < -0.4 is 15.8 Å². The standard InChI is InChI=1S/C32H44N4OS.C2H6/c1-8-36(9-2)17-16-34-31(35-23-37)30(38-7)21-26-15-14-25(4)28(20-26)19-24(3)18-27-12-10-11-13-29(27)32(5,6)22-33;1-2/h11,13-15,19-21,23-24H,4,8-10,12,16-18H2,1-3,5-7H3,(H,34,35,37);1-2H3/b28-19-,30-21-;. The van der Waals surface area contributed by atoms with E-state index in [0.29, 0.717) is 24.7 Å². The fourth-order valence-corrected chi connectivity index (χ4v) is 5.29. The lowest BCUT2D eigenvalue weighted by Crippen LogP contribution is -2.28. The van der Waals surface area contributed by atoms with Crippen molar-refractivity contribution in [2.75, 3.05) is 32.4 Å². The first-order valence-corrected chi connectivity index (χ1v) is 15.8. The van der Waals surface area contributed by atoms with E-state index in [1.54, 1.807) is 11.8 Å². The highest BCUT2D eigenvalue weighted by Gasteiger charge is 2.25. The van der Waals surface area contributed by atoms with Crippen LogP contribution >= 0.6 is 11.8 Å². The average Bonchev–Trinajstić information content (AvgIpc) is 2.96. The first kappa shape index (κ1) is 35.1. The minimum absolute atomic E-state index is 0.301. The smallest absolute Gasteiger partial charge is 0.212 e. The zero-order valence-electron chi connectivity index (χ0n) is 26.0. The van der Waals surface area contributed by atoms with Crippen LogP contribution in [-0.4, -0.2) is 49.6 Å². The van der Waals surface area contributed by atoms with Crippen LogP contribution in [-0.2, 0) is 4.79 Å². The van der Waals surface area contributed by atoms with Gasteiger partial charge in [-0.1, -0.05) is 77.1 Å². The molecule has 1 atom stereocenters. The van der Waals surface area contributed by atoms with Crippen LogP contribution in [0.25, 0.3) is 18.7 Å². The quantitative estimate of drug-likeness (QED) is 0.174. The Hall–Kier alpha value is -2.88. The van der Waals surface area contributed by atoms with Crippen LogP contribution in [0.2, 0.25) is 0 Å². The number of hydrogen-bond donors (Lipinski definition) is 1. The van der Waals surface area contributed by atoms with Gasteiger partial charge in [-0.25, -0.2) is 0 Å². The van der Waals surface area contributed by atoms with E-state index in [1.807, 2.05) is 40.0 Å². The summed E-state index contributed by atoms with van der Waals surface area (Å²) in [5.74, 6) is 0.900. The molecule has 0 heterocycles. The number of nitrogens with zero attached hydrogens (tertiary/aromatic N) is 3. The van der Waals surface area contributed by atoms with Gasteiger partial charge in [0.25, 0.3) is 0 Å². The van der Waals surface area contributed by atoms with E-state index in [2.05, 4.69) is 80.1 Å². The number of thioether (sulfide) groups is 1. The summed E-state index contributed by atoms with van der Waals surface area (Å²) in [5, 5.41) is 14.6. The molecule has 0 radical (unpaired) electrons. The van der Waals surface area contributed by atoms with Crippen molar-refractivity contribution >= 4 is 42.7 Å². The minimum Gasteiger partial charge on any atom is -0.313 e. The molecule has 1 aromatic rings. The van der Waals surface area contributed by atoms with Crippen LogP contribution in [0.15, 0.2) is 51.4 Å². The van der Waals surface area contributed by atoms with Gasteiger partial charge in [0.1, 0.15) is 5.84 Å². The number of nitriles is 1. The molecule has 1 amide bonds. The number of likely N-dealkylation sites (N-methyl/N-ethyl adjacent to an activating group) is 1. The number of amides is 1. The minimum atomic E-state index is -0.484. The van der Waals surface area contributed by atoms with E-state index in [9.17, 15) is 10.1 Å². The Kier molecular flexibility index (Phi) is 16.2. The summed E-state index contributed by atoms with van der Waals surface area (Å²) in [4.78, 5) is 19.2. The molecule has 40 heavy (non-hydrogen) atoms. The summed E-state index contributed by atoms with van der Waals surface area (Å²) in [6, 6.07) is 8.71. The Balaban J connectivity index is 0.00000391. The number of carbonyl (C=O) groups excluding carboxylic acids is 1. The van der Waals surface area contributed by atoms with Crippen LogP contribution in [0, 0.1) is 22.7 Å². The Labute approximate surface area is 247 Å². The molecule has 1 aromatic carbocycles. The number of rotatable bonds is 13. The van der Waals surface area contributed by atoms with Crippen molar-refractivity contribution in [3.63, 3.8) is 0 Å². The van der Waals surface area contributed by atoms with E-state index in [1.165, 1.54) is 5.57 Å². The van der Waals surface area contributed by atoms with Gasteiger partial charge < -0.3 is 10.2 Å². The molecule has 1 aliphatic carbocycles. The third-order valence-electron chi connectivity index (χ3n) is 6.96. The van der Waals surface area contributed by atoms with Crippen LogP contribution in [0.3, 0.4) is 0 Å². The van der Waals surface area contributed by atoms with Crippen molar-refractivity contribution in [1.29, 1.82) is 5.26 Å². The molecule has 5 nitrogen and oxygen atoms in total. The number of hydrogen-bond acceptors (Lipinski definition) is 5. The van der Waals surface area contributed by atoms with Crippen molar-refractivity contribution in [2.24, 2.45) is 16.3 Å². The topological polar surface area (TPSA) is 68.5 Å². The van der Waals surface area contributed by atoms with Crippen LogP contribution in [0.4, 0.5) is 0 Å². The number of benzene rings is 1. The number of amidine groups is 1. The molecule has 0 aromatic heterocycles. The van der Waals surface area contributed by atoms with Crippen molar-refractivity contribution in [1.82, 2.24) is 10.2 Å². The fraction of sp³-hybridized carbons (Fsp3) is 0.500. The summed E-state index contributed by atoms with van der Waals surface area (Å²) in [6.07, 6.45) is 14.3. The van der Waals surface area contributed by atoms with Crippen molar-refractivity contribution < 1.29 is 4.79 Å². The summed E-state index contributed by atoms with van der Waals surface area (Å²) < 4.78 is 0. The molecule has 6 heteroatoms. The molecule has 0 fully saturated rings. The second kappa shape index (κ2) is 18.5. The van der Waals surface area contributed by atoms with E-state index in [-0.39, 0.29) is 0 Å². The van der Waals surface area contributed by atoms with Crippen molar-refractivity contribution in [2.45, 2.75) is 67.7 Å². The lowest BCUT2D eigenvalue weighted by molar-refractivity contribution is -0.108. The molecule has 0 saturated carbocycles. The van der Waals surface area contributed by atoms with Crippen molar-refractivity contribution in [3.8, 4) is 6.07 Å². The zero-order chi connectivity index (χ0) is 30.1. The lowest BCUT2D eigenvalue weighted by Gasteiger charge is -2.26. The predicted molar refractivity (Wildman–Crippen MR) is 176 cm³/mol. The third kappa shape index (κ3) is 10.9. The zero-order valence-corrected chi connectivity index (χ0v) is 26.8. The van der Waals surface area contributed by atoms with Gasteiger partial charge in [0.05, 0.1) is 22.9 Å². The number of nitrogens with one attached hydrogen (secondary N) is 1. The van der Waals surface area contributed by atoms with Crippen LogP contribution in [0.5, 0.6) is 0 Å². The molecule has 218 valence electrons. The summed E-state index contributed by atoms with van der Waals surface area (Å²) in [5.41, 5.74) is 3.09. The van der Waals surface area contributed by atoms with Gasteiger partial charge in [-0.3, -0.25) is 9.79 Å². The van der Waals surface area contributed by atoms with E-state index < -0.39 is 5.41 Å². The number of carbonyl (C=O) groups is 1. The summed E-state index contributed by atoms with van der Waals surface area (Å²) in [6.45, 7) is 22.2. The van der Waals surface area contributed by atoms with Gasteiger partial charge in [0, 0.05) is 6.54 Å². The number of aliphatic imine (C=N–C) groups is 1. The first-order chi connectivity index (χ1) is 19.2. The second-order valence-electron chi connectivity index (χ2n) is 10.2. The highest BCUT2D eigenvalue weighted by atomic mass is 32.2. The normalized spacial score (nSPS) is 15.4. The molecular weight excluding hydrogens is 512 g/mol. The molecular formula is C34H50N4OS. The Morgan fingerprint density at radius 3 is 2.60 bits per heavy atom. The largest absolute Gasteiger partial charge is 0.313 e. The maximum absolute atomic E-state index is 11.3. The van der Waals surface area contributed by atoms with Gasteiger partial charge in [-0.15, -0.1) is 11.8 Å². The van der Waals surface area contributed by atoms with Crippen LogP contribution in [0.1, 0.15) is 73.3 Å². The molecule has 2 rings (SSSR count). The van der Waals surface area contributed by atoms with Gasteiger partial charge in [-0.05, 0) is 92.1 Å². The first-order valence-electron chi connectivity index (χ1n) is 14.5. The molecule has 0 spiro atoms. The maximum Gasteiger partial charge on any atom is 0.212 e. The lowest BCUT2D eigenvalue weighted by atomic mass is 9.77. The summed E-state index contributed by atoms with van der Waals surface area (Å²) >= 11 is 1.57. The van der Waals surface area contributed by atoms with Gasteiger partial charge in [-0.2, -0.15) is 5.26 Å².